The number of nitrogens with one attached hydrogen (secondary N) is 2. The third-order valence-corrected chi connectivity index (χ3v) is 4.15. The van der Waals surface area contributed by atoms with Gasteiger partial charge < -0.3 is 10.1 Å². The van der Waals surface area contributed by atoms with Crippen LogP contribution in [-0.2, 0) is 10.0 Å². The Morgan fingerprint density at radius 3 is 2.56 bits per heavy atom. The van der Waals surface area contributed by atoms with Crippen molar-refractivity contribution in [2.75, 3.05) is 6.54 Å². The molecule has 0 aliphatic rings. The summed E-state index contributed by atoms with van der Waals surface area (Å²) in [4.78, 5) is 13.4. The maximum Gasteiger partial charge on any atom is 0.352 e. The number of aromatic amines is 1. The molecule has 0 aromatic carbocycles. The molecule has 0 bridgehead atoms. The van der Waals surface area contributed by atoms with Gasteiger partial charge in [0.15, 0.2) is 0 Å². The van der Waals surface area contributed by atoms with E-state index in [0.29, 0.717) is 0 Å². The SMILES string of the molecule is C#CCCNS(=O)(=O)c1c(C)[nH]c(C(=O)O)c1C. The molecule has 1 aromatic heterocycles. The van der Waals surface area contributed by atoms with E-state index in [-0.39, 0.29) is 34.8 Å². The van der Waals surface area contributed by atoms with E-state index in [1.165, 1.54) is 13.8 Å². The molecule has 0 aliphatic heterocycles. The molecule has 0 aliphatic carbocycles. The minimum Gasteiger partial charge on any atom is -0.477 e. The number of aryl methyl sites for hydroxylation is 1. The molecule has 98 valence electrons. The van der Waals surface area contributed by atoms with Crippen LogP contribution in [0.4, 0.5) is 0 Å². The van der Waals surface area contributed by atoms with Crippen LogP contribution < -0.4 is 4.72 Å². The van der Waals surface area contributed by atoms with Gasteiger partial charge in [-0.15, -0.1) is 12.3 Å². The Labute approximate surface area is 105 Å². The fourth-order valence-electron chi connectivity index (χ4n) is 1.68. The number of aromatic nitrogens is 1. The van der Waals surface area contributed by atoms with Crippen LogP contribution in [0.15, 0.2) is 4.90 Å². The standard InChI is InChI=1S/C11H14N2O4S/c1-4-5-6-12-18(16,17)10-7(2)9(11(14)15)13-8(10)3/h1,12-13H,5-6H2,2-3H3,(H,14,15). The zero-order valence-corrected chi connectivity index (χ0v) is 10.9. The van der Waals surface area contributed by atoms with Crippen LogP contribution in [0.2, 0.25) is 0 Å². The highest BCUT2D eigenvalue weighted by Gasteiger charge is 2.25. The third-order valence-electron chi connectivity index (χ3n) is 2.41. The maximum absolute atomic E-state index is 12.0. The van der Waals surface area contributed by atoms with Crippen LogP contribution in [-0.4, -0.2) is 31.0 Å². The fourth-order valence-corrected chi connectivity index (χ4v) is 3.15. The van der Waals surface area contributed by atoms with Gasteiger partial charge in [0.25, 0.3) is 0 Å². The molecule has 0 unspecified atom stereocenters. The Morgan fingerprint density at radius 1 is 1.50 bits per heavy atom. The molecule has 0 saturated carbocycles. The van der Waals surface area contributed by atoms with Crippen LogP contribution in [0.3, 0.4) is 0 Å². The van der Waals surface area contributed by atoms with Crippen molar-refractivity contribution < 1.29 is 18.3 Å². The fraction of sp³-hybridized carbons (Fsp3) is 0.364. The van der Waals surface area contributed by atoms with Crippen molar-refractivity contribution in [2.24, 2.45) is 0 Å². The maximum atomic E-state index is 12.0. The second-order valence-corrected chi connectivity index (χ2v) is 5.44. The van der Waals surface area contributed by atoms with Crippen molar-refractivity contribution in [1.82, 2.24) is 9.71 Å². The van der Waals surface area contributed by atoms with E-state index >= 15 is 0 Å². The second kappa shape index (κ2) is 5.25. The lowest BCUT2D eigenvalue weighted by atomic mass is 10.2. The smallest absolute Gasteiger partial charge is 0.352 e. The van der Waals surface area contributed by atoms with Crippen molar-refractivity contribution in [2.45, 2.75) is 25.2 Å². The number of rotatable bonds is 5. The van der Waals surface area contributed by atoms with Gasteiger partial charge in [-0.1, -0.05) is 0 Å². The quantitative estimate of drug-likeness (QED) is 0.540. The average Bonchev–Trinajstić information content (AvgIpc) is 2.55. The highest BCUT2D eigenvalue weighted by Crippen LogP contribution is 2.22. The lowest BCUT2D eigenvalue weighted by molar-refractivity contribution is 0.0690. The van der Waals surface area contributed by atoms with Gasteiger partial charge in [-0.2, -0.15) is 0 Å². The second-order valence-electron chi connectivity index (χ2n) is 3.74. The van der Waals surface area contributed by atoms with E-state index in [0.717, 1.165) is 0 Å². The summed E-state index contributed by atoms with van der Waals surface area (Å²) in [5.41, 5.74) is 0.358. The van der Waals surface area contributed by atoms with Crippen molar-refractivity contribution in [1.29, 1.82) is 0 Å². The van der Waals surface area contributed by atoms with E-state index in [4.69, 9.17) is 11.5 Å². The minimum absolute atomic E-state index is 0.0306. The first kappa shape index (κ1) is 14.3. The molecule has 1 rings (SSSR count). The molecule has 1 aromatic rings. The van der Waals surface area contributed by atoms with E-state index < -0.39 is 16.0 Å². The van der Waals surface area contributed by atoms with Crippen molar-refractivity contribution >= 4 is 16.0 Å². The molecule has 0 fully saturated rings. The Morgan fingerprint density at radius 2 is 2.11 bits per heavy atom. The highest BCUT2D eigenvalue weighted by atomic mass is 32.2. The van der Waals surface area contributed by atoms with Crippen LogP contribution in [0.25, 0.3) is 0 Å². The number of hydrogen-bond acceptors (Lipinski definition) is 3. The zero-order chi connectivity index (χ0) is 13.9. The van der Waals surface area contributed by atoms with Crippen LogP contribution in [0.5, 0.6) is 0 Å². The summed E-state index contributed by atoms with van der Waals surface area (Å²) in [5, 5.41) is 8.91. The van der Waals surface area contributed by atoms with Crippen molar-refractivity contribution in [3.8, 4) is 12.3 Å². The first-order valence-electron chi connectivity index (χ1n) is 5.17. The van der Waals surface area contributed by atoms with E-state index in [1.54, 1.807) is 0 Å². The number of H-pyrrole nitrogens is 1. The number of terminal acetylenes is 1. The molecular weight excluding hydrogens is 256 g/mol. The van der Waals surface area contributed by atoms with Crippen molar-refractivity contribution in [3.63, 3.8) is 0 Å². The van der Waals surface area contributed by atoms with Gasteiger partial charge in [0, 0.05) is 24.2 Å². The Balaban J connectivity index is 3.18. The summed E-state index contributed by atoms with van der Waals surface area (Å²) < 4.78 is 26.3. The Bertz CT molecular complexity index is 608. The monoisotopic (exact) mass is 270 g/mol. The summed E-state index contributed by atoms with van der Waals surface area (Å²) in [7, 11) is -3.75. The highest BCUT2D eigenvalue weighted by molar-refractivity contribution is 7.89. The van der Waals surface area contributed by atoms with Gasteiger partial charge in [-0.25, -0.2) is 17.9 Å². The summed E-state index contributed by atoms with van der Waals surface area (Å²) in [6.07, 6.45) is 5.30. The molecule has 1 heterocycles. The topological polar surface area (TPSA) is 99.3 Å². The number of carboxylic acids is 1. The molecule has 3 N–H and O–H groups in total. The molecule has 0 amide bonds. The predicted octanol–water partition coefficient (Wildman–Crippen LogP) is 0.631. The van der Waals surface area contributed by atoms with Gasteiger partial charge >= 0.3 is 5.97 Å². The zero-order valence-electron chi connectivity index (χ0n) is 10.1. The first-order chi connectivity index (χ1) is 8.31. The lowest BCUT2D eigenvalue weighted by Gasteiger charge is -2.05. The molecule has 0 radical (unpaired) electrons. The lowest BCUT2D eigenvalue weighted by Crippen LogP contribution is -2.25. The summed E-state index contributed by atoms with van der Waals surface area (Å²) in [6.45, 7) is 3.07. The number of aromatic carboxylic acids is 1. The third kappa shape index (κ3) is 2.72. The first-order valence-corrected chi connectivity index (χ1v) is 6.65. The number of sulfonamides is 1. The van der Waals surface area contributed by atoms with Gasteiger partial charge in [0.2, 0.25) is 10.0 Å². The average molecular weight is 270 g/mol. The largest absolute Gasteiger partial charge is 0.477 e. The molecule has 6 nitrogen and oxygen atoms in total. The number of carboxylic acid groups (broad SMARTS) is 1. The molecule has 0 saturated heterocycles. The van der Waals surface area contributed by atoms with E-state index in [2.05, 4.69) is 15.6 Å². The molecule has 7 heteroatoms. The Hall–Kier alpha value is -1.78. The summed E-state index contributed by atoms with van der Waals surface area (Å²) in [5.74, 6) is 1.12. The predicted molar refractivity (Wildman–Crippen MR) is 65.9 cm³/mol. The van der Waals surface area contributed by atoms with Gasteiger partial charge in [0.1, 0.15) is 10.6 Å². The number of carbonyl (C=O) groups is 1. The Kier molecular flexibility index (Phi) is 4.16. The van der Waals surface area contributed by atoms with Crippen LogP contribution in [0, 0.1) is 26.2 Å². The molecule has 0 spiro atoms. The molecular formula is C11H14N2O4S. The van der Waals surface area contributed by atoms with E-state index in [1.807, 2.05) is 0 Å². The summed E-state index contributed by atoms with van der Waals surface area (Å²) >= 11 is 0. The normalized spacial score (nSPS) is 11.2. The van der Waals surface area contributed by atoms with Gasteiger partial charge in [-0.3, -0.25) is 0 Å². The molecule has 18 heavy (non-hydrogen) atoms. The summed E-state index contributed by atoms with van der Waals surface area (Å²) in [6, 6.07) is 0. The van der Waals surface area contributed by atoms with Crippen molar-refractivity contribution in [3.05, 3.63) is 17.0 Å². The van der Waals surface area contributed by atoms with E-state index in [9.17, 15) is 13.2 Å². The van der Waals surface area contributed by atoms with Gasteiger partial charge in [0.05, 0.1) is 0 Å². The van der Waals surface area contributed by atoms with Crippen LogP contribution >= 0.6 is 0 Å². The minimum atomic E-state index is -3.75. The number of hydrogen-bond donors (Lipinski definition) is 3. The van der Waals surface area contributed by atoms with Crippen LogP contribution in [0.1, 0.15) is 28.2 Å². The van der Waals surface area contributed by atoms with Gasteiger partial charge in [-0.05, 0) is 13.8 Å². The molecule has 0 atom stereocenters.